The normalized spacial score (nSPS) is 29.2. The van der Waals surface area contributed by atoms with Crippen molar-refractivity contribution < 1.29 is 0 Å². The number of rotatable bonds is 2. The maximum absolute atomic E-state index is 4.25. The zero-order valence-electron chi connectivity index (χ0n) is 10.5. The highest BCUT2D eigenvalue weighted by Crippen LogP contribution is 2.27. The molecule has 0 aromatic carbocycles. The van der Waals surface area contributed by atoms with E-state index in [1.54, 1.807) is 0 Å². The highest BCUT2D eigenvalue weighted by molar-refractivity contribution is 5.21. The molecule has 0 bridgehead atoms. The van der Waals surface area contributed by atoms with Gasteiger partial charge in [-0.25, -0.2) is 0 Å². The lowest BCUT2D eigenvalue weighted by molar-refractivity contribution is 0.117. The van der Waals surface area contributed by atoms with Crippen molar-refractivity contribution in [3.63, 3.8) is 0 Å². The second-order valence-corrected chi connectivity index (χ2v) is 5.40. The summed E-state index contributed by atoms with van der Waals surface area (Å²) in [5.74, 6) is 0.876. The number of nitrogens with zero attached hydrogens (tertiary/aromatic N) is 2. The van der Waals surface area contributed by atoms with E-state index in [1.165, 1.54) is 43.6 Å². The Morgan fingerprint density at radius 1 is 1.47 bits per heavy atom. The predicted molar refractivity (Wildman–Crippen MR) is 68.8 cm³/mol. The summed E-state index contributed by atoms with van der Waals surface area (Å²) in [5.41, 5.74) is 2.76. The van der Waals surface area contributed by atoms with E-state index >= 15 is 0 Å². The number of aryl methyl sites for hydroxylation is 1. The summed E-state index contributed by atoms with van der Waals surface area (Å²) in [6.45, 7) is 6.89. The van der Waals surface area contributed by atoms with E-state index in [9.17, 15) is 0 Å². The van der Waals surface area contributed by atoms with Crippen LogP contribution >= 0.6 is 0 Å². The molecule has 2 unspecified atom stereocenters. The fraction of sp³-hybridized carbons (Fsp3) is 0.643. The third-order valence-corrected chi connectivity index (χ3v) is 4.31. The van der Waals surface area contributed by atoms with Gasteiger partial charge in [0.1, 0.15) is 0 Å². The summed E-state index contributed by atoms with van der Waals surface area (Å²) in [6, 6.07) is 2.87. The Bertz CT molecular complexity index is 391. The van der Waals surface area contributed by atoms with E-state index in [1.807, 2.05) is 12.4 Å². The molecule has 3 rings (SSSR count). The van der Waals surface area contributed by atoms with Crippen LogP contribution in [0, 0.1) is 12.8 Å². The fourth-order valence-corrected chi connectivity index (χ4v) is 3.24. The number of pyridine rings is 1. The monoisotopic (exact) mass is 231 g/mol. The molecule has 0 aliphatic carbocycles. The summed E-state index contributed by atoms with van der Waals surface area (Å²) >= 11 is 0. The number of fused-ring (bicyclic) bond motifs is 1. The molecule has 0 saturated carbocycles. The maximum Gasteiger partial charge on any atom is 0.0315 e. The minimum absolute atomic E-state index is 0.753. The van der Waals surface area contributed by atoms with Crippen LogP contribution in [0.1, 0.15) is 24.0 Å². The standard InChI is InChI=1S/C14H21N3/c1-11-4-5-15-8-13(11)10-17-6-2-3-12-7-16-9-14(12)17/h4-5,8,12,14,16H,2-3,6-7,9-10H2,1H3. The maximum atomic E-state index is 4.25. The van der Waals surface area contributed by atoms with E-state index in [0.29, 0.717) is 0 Å². The van der Waals surface area contributed by atoms with Gasteiger partial charge in [0.2, 0.25) is 0 Å². The van der Waals surface area contributed by atoms with Crippen LogP contribution < -0.4 is 5.32 Å². The summed E-state index contributed by atoms with van der Waals surface area (Å²) < 4.78 is 0. The van der Waals surface area contributed by atoms with Crippen molar-refractivity contribution in [2.45, 2.75) is 32.4 Å². The lowest BCUT2D eigenvalue weighted by Gasteiger charge is -2.37. The van der Waals surface area contributed by atoms with Crippen LogP contribution in [0.5, 0.6) is 0 Å². The molecule has 2 aliphatic rings. The molecular weight excluding hydrogens is 210 g/mol. The molecule has 2 aliphatic heterocycles. The van der Waals surface area contributed by atoms with Crippen LogP contribution in [0.3, 0.4) is 0 Å². The van der Waals surface area contributed by atoms with Gasteiger partial charge in [-0.1, -0.05) is 0 Å². The molecule has 2 fully saturated rings. The average molecular weight is 231 g/mol. The molecule has 1 N–H and O–H groups in total. The first-order valence-electron chi connectivity index (χ1n) is 6.69. The Morgan fingerprint density at radius 2 is 2.41 bits per heavy atom. The number of nitrogens with one attached hydrogen (secondary N) is 1. The topological polar surface area (TPSA) is 28.2 Å². The van der Waals surface area contributed by atoms with E-state index in [4.69, 9.17) is 0 Å². The molecule has 0 radical (unpaired) electrons. The lowest BCUT2D eigenvalue weighted by Crippen LogP contribution is -2.44. The van der Waals surface area contributed by atoms with Crippen LogP contribution in [-0.2, 0) is 6.54 Å². The quantitative estimate of drug-likeness (QED) is 0.837. The van der Waals surface area contributed by atoms with Crippen LogP contribution in [0.4, 0.5) is 0 Å². The van der Waals surface area contributed by atoms with Crippen molar-refractivity contribution in [1.82, 2.24) is 15.2 Å². The Hall–Kier alpha value is -0.930. The first-order valence-corrected chi connectivity index (χ1v) is 6.69. The summed E-state index contributed by atoms with van der Waals surface area (Å²) in [7, 11) is 0. The van der Waals surface area contributed by atoms with Gasteiger partial charge in [0.15, 0.2) is 0 Å². The van der Waals surface area contributed by atoms with Crippen molar-refractivity contribution >= 4 is 0 Å². The molecule has 3 heterocycles. The Labute approximate surface area is 103 Å². The van der Waals surface area contributed by atoms with Gasteiger partial charge in [0, 0.05) is 31.5 Å². The number of aromatic nitrogens is 1. The van der Waals surface area contributed by atoms with E-state index < -0.39 is 0 Å². The largest absolute Gasteiger partial charge is 0.315 e. The Balaban J connectivity index is 1.74. The zero-order chi connectivity index (χ0) is 11.7. The molecule has 2 atom stereocenters. The first kappa shape index (κ1) is 11.2. The molecule has 1 aromatic heterocycles. The van der Waals surface area contributed by atoms with Crippen molar-refractivity contribution in [1.29, 1.82) is 0 Å². The molecular formula is C14H21N3. The van der Waals surface area contributed by atoms with Gasteiger partial charge in [0.25, 0.3) is 0 Å². The second-order valence-electron chi connectivity index (χ2n) is 5.40. The Morgan fingerprint density at radius 3 is 3.29 bits per heavy atom. The molecule has 3 heteroatoms. The van der Waals surface area contributed by atoms with Gasteiger partial charge in [0.05, 0.1) is 0 Å². The van der Waals surface area contributed by atoms with Gasteiger partial charge in [-0.15, -0.1) is 0 Å². The van der Waals surface area contributed by atoms with Gasteiger partial charge in [-0.05, 0) is 56.0 Å². The van der Waals surface area contributed by atoms with Crippen molar-refractivity contribution in [3.05, 3.63) is 29.6 Å². The van der Waals surface area contributed by atoms with Gasteiger partial charge >= 0.3 is 0 Å². The highest BCUT2D eigenvalue weighted by atomic mass is 15.2. The second kappa shape index (κ2) is 4.75. The van der Waals surface area contributed by atoms with Crippen molar-refractivity contribution in [2.75, 3.05) is 19.6 Å². The van der Waals surface area contributed by atoms with E-state index in [2.05, 4.69) is 28.2 Å². The smallest absolute Gasteiger partial charge is 0.0315 e. The fourth-order valence-electron chi connectivity index (χ4n) is 3.24. The van der Waals surface area contributed by atoms with Crippen LogP contribution in [-0.4, -0.2) is 35.6 Å². The molecule has 2 saturated heterocycles. The summed E-state index contributed by atoms with van der Waals surface area (Å²) in [5, 5.41) is 3.54. The third-order valence-electron chi connectivity index (χ3n) is 4.31. The lowest BCUT2D eigenvalue weighted by atomic mass is 9.91. The molecule has 3 nitrogen and oxygen atoms in total. The van der Waals surface area contributed by atoms with Crippen LogP contribution in [0.25, 0.3) is 0 Å². The summed E-state index contributed by atoms with van der Waals surface area (Å²) in [4.78, 5) is 6.91. The van der Waals surface area contributed by atoms with E-state index in [0.717, 1.165) is 18.5 Å². The summed E-state index contributed by atoms with van der Waals surface area (Å²) in [6.07, 6.45) is 6.67. The van der Waals surface area contributed by atoms with Gasteiger partial charge in [-0.3, -0.25) is 9.88 Å². The zero-order valence-corrected chi connectivity index (χ0v) is 10.5. The first-order chi connectivity index (χ1) is 8.34. The minimum Gasteiger partial charge on any atom is -0.315 e. The van der Waals surface area contributed by atoms with Gasteiger partial charge in [-0.2, -0.15) is 0 Å². The van der Waals surface area contributed by atoms with E-state index in [-0.39, 0.29) is 0 Å². The molecule has 0 spiro atoms. The third kappa shape index (κ3) is 2.22. The number of piperidine rings is 1. The predicted octanol–water partition coefficient (Wildman–Crippen LogP) is 1.57. The van der Waals surface area contributed by atoms with Crippen LogP contribution in [0.15, 0.2) is 18.5 Å². The average Bonchev–Trinajstić information content (AvgIpc) is 2.81. The number of hydrogen-bond acceptors (Lipinski definition) is 3. The van der Waals surface area contributed by atoms with Crippen LogP contribution in [0.2, 0.25) is 0 Å². The van der Waals surface area contributed by atoms with Crippen molar-refractivity contribution in [2.24, 2.45) is 5.92 Å². The molecule has 1 aromatic rings. The number of hydrogen-bond donors (Lipinski definition) is 1. The molecule has 17 heavy (non-hydrogen) atoms. The molecule has 0 amide bonds. The molecule has 92 valence electrons. The highest BCUT2D eigenvalue weighted by Gasteiger charge is 2.34. The van der Waals surface area contributed by atoms with Crippen molar-refractivity contribution in [3.8, 4) is 0 Å². The minimum atomic E-state index is 0.753. The number of likely N-dealkylation sites (tertiary alicyclic amines) is 1. The SMILES string of the molecule is Cc1ccncc1CN1CCCC2CNCC21. The Kier molecular flexibility index (Phi) is 3.12. The van der Waals surface area contributed by atoms with Gasteiger partial charge < -0.3 is 5.32 Å².